The maximum atomic E-state index is 12.8. The molecule has 0 spiro atoms. The van der Waals surface area contributed by atoms with Crippen LogP contribution in [0.4, 0.5) is 4.39 Å². The van der Waals surface area contributed by atoms with Crippen molar-refractivity contribution in [3.63, 3.8) is 0 Å². The van der Waals surface area contributed by atoms with Gasteiger partial charge < -0.3 is 10.1 Å². The van der Waals surface area contributed by atoms with E-state index in [1.165, 1.54) is 29.5 Å². The fraction of sp³-hybridized carbons (Fsp3) is 0.333. The van der Waals surface area contributed by atoms with Crippen LogP contribution in [0, 0.1) is 5.82 Å². The number of ether oxygens (including phenoxy) is 1. The Balaban J connectivity index is 1.32. The molecule has 2 aromatic rings. The van der Waals surface area contributed by atoms with Crippen molar-refractivity contribution in [3.05, 3.63) is 66.0 Å². The molecule has 0 bridgehead atoms. The molecule has 0 aliphatic heterocycles. The highest BCUT2D eigenvalue weighted by atomic mass is 32.2. The van der Waals surface area contributed by atoms with Gasteiger partial charge in [-0.1, -0.05) is 30.3 Å². The molecule has 0 saturated heterocycles. The maximum Gasteiger partial charge on any atom is 0.307 e. The highest BCUT2D eigenvalue weighted by Gasteiger charge is 2.44. The van der Waals surface area contributed by atoms with Crippen molar-refractivity contribution in [3.8, 4) is 0 Å². The van der Waals surface area contributed by atoms with Crippen LogP contribution in [-0.4, -0.2) is 30.8 Å². The number of halogens is 1. The van der Waals surface area contributed by atoms with Crippen LogP contribution in [0.25, 0.3) is 0 Å². The quantitative estimate of drug-likeness (QED) is 0.527. The number of carbonyl (C=O) groups excluding carboxylic acids is 2. The zero-order valence-corrected chi connectivity index (χ0v) is 15.8. The Hall–Kier alpha value is -2.34. The molecule has 1 aliphatic rings. The zero-order chi connectivity index (χ0) is 19.1. The Morgan fingerprint density at radius 1 is 1.07 bits per heavy atom. The Labute approximate surface area is 162 Å². The monoisotopic (exact) mass is 387 g/mol. The van der Waals surface area contributed by atoms with Gasteiger partial charge in [-0.2, -0.15) is 0 Å². The molecule has 1 fully saturated rings. The van der Waals surface area contributed by atoms with Crippen LogP contribution >= 0.6 is 11.8 Å². The molecule has 4 nitrogen and oxygen atoms in total. The van der Waals surface area contributed by atoms with Gasteiger partial charge in [0.15, 0.2) is 6.61 Å². The molecular weight excluding hydrogens is 365 g/mol. The Morgan fingerprint density at radius 3 is 2.44 bits per heavy atom. The third-order valence-electron chi connectivity index (χ3n) is 4.62. The minimum Gasteiger partial charge on any atom is -0.456 e. The normalized spacial score (nSPS) is 14.4. The summed E-state index contributed by atoms with van der Waals surface area (Å²) in [5.41, 5.74) is 1.27. The van der Waals surface area contributed by atoms with Crippen LogP contribution in [0.5, 0.6) is 0 Å². The summed E-state index contributed by atoms with van der Waals surface area (Å²) in [6, 6.07) is 16.2. The van der Waals surface area contributed by atoms with Crippen LogP contribution in [0.2, 0.25) is 0 Å². The number of carbonyl (C=O) groups is 2. The van der Waals surface area contributed by atoms with E-state index in [0.717, 1.165) is 17.7 Å². The summed E-state index contributed by atoms with van der Waals surface area (Å²) in [6.07, 6.45) is 2.30. The predicted octanol–water partition coefficient (Wildman–Crippen LogP) is 3.70. The molecule has 0 unspecified atom stereocenters. The summed E-state index contributed by atoms with van der Waals surface area (Å²) in [4.78, 5) is 24.6. The largest absolute Gasteiger partial charge is 0.456 e. The Morgan fingerprint density at radius 2 is 1.78 bits per heavy atom. The first-order valence-corrected chi connectivity index (χ1v) is 9.92. The van der Waals surface area contributed by atoms with Gasteiger partial charge in [-0.15, -0.1) is 11.8 Å². The van der Waals surface area contributed by atoms with Gasteiger partial charge in [0.1, 0.15) is 5.82 Å². The lowest BCUT2D eigenvalue weighted by molar-refractivity contribution is -0.148. The first kappa shape index (κ1) is 19.4. The molecule has 1 saturated carbocycles. The number of hydrogen-bond donors (Lipinski definition) is 1. The van der Waals surface area contributed by atoms with E-state index < -0.39 is 5.97 Å². The predicted molar refractivity (Wildman–Crippen MR) is 103 cm³/mol. The number of esters is 1. The summed E-state index contributed by atoms with van der Waals surface area (Å²) >= 11 is 1.44. The second-order valence-corrected chi connectivity index (χ2v) is 7.80. The van der Waals surface area contributed by atoms with E-state index >= 15 is 0 Å². The maximum absolute atomic E-state index is 12.8. The number of rotatable bonds is 9. The number of benzene rings is 2. The number of hydrogen-bond acceptors (Lipinski definition) is 4. The van der Waals surface area contributed by atoms with E-state index in [0.29, 0.717) is 12.3 Å². The molecular formula is C21H22FNO3S. The van der Waals surface area contributed by atoms with Gasteiger partial charge in [-0.25, -0.2) is 4.39 Å². The van der Waals surface area contributed by atoms with Crippen molar-refractivity contribution in [1.29, 1.82) is 0 Å². The number of nitrogens with one attached hydrogen (secondary N) is 1. The average molecular weight is 387 g/mol. The van der Waals surface area contributed by atoms with Gasteiger partial charge in [-0.3, -0.25) is 9.59 Å². The molecule has 2 aromatic carbocycles. The second kappa shape index (κ2) is 9.04. The Bertz CT molecular complexity index is 776. The molecule has 0 atom stereocenters. The van der Waals surface area contributed by atoms with Crippen molar-refractivity contribution in [2.24, 2.45) is 0 Å². The van der Waals surface area contributed by atoms with Gasteiger partial charge >= 0.3 is 5.97 Å². The number of thioether (sulfide) groups is 1. The highest BCUT2D eigenvalue weighted by molar-refractivity contribution is 7.99. The van der Waals surface area contributed by atoms with Crippen molar-refractivity contribution < 1.29 is 18.7 Å². The van der Waals surface area contributed by atoms with E-state index in [1.54, 1.807) is 12.1 Å². The zero-order valence-electron chi connectivity index (χ0n) is 14.9. The molecule has 0 heterocycles. The van der Waals surface area contributed by atoms with Crippen molar-refractivity contribution in [1.82, 2.24) is 5.32 Å². The van der Waals surface area contributed by atoms with Crippen molar-refractivity contribution in [2.45, 2.75) is 29.6 Å². The van der Waals surface area contributed by atoms with Crippen molar-refractivity contribution in [2.75, 3.05) is 18.9 Å². The summed E-state index contributed by atoms with van der Waals surface area (Å²) in [6.45, 7) is 0.304. The van der Waals surface area contributed by atoms with Crippen LogP contribution in [0.3, 0.4) is 0 Å². The fourth-order valence-electron chi connectivity index (χ4n) is 2.83. The molecule has 1 aliphatic carbocycles. The smallest absolute Gasteiger partial charge is 0.307 e. The van der Waals surface area contributed by atoms with Gasteiger partial charge in [0.05, 0.1) is 6.42 Å². The van der Waals surface area contributed by atoms with E-state index in [9.17, 15) is 14.0 Å². The lowest BCUT2D eigenvalue weighted by Gasteiger charge is -2.16. The SMILES string of the molecule is O=C(COC(=O)CCSc1ccc(F)cc1)NCC1(c2ccccc2)CC1. The van der Waals surface area contributed by atoms with E-state index in [4.69, 9.17) is 4.74 Å². The second-order valence-electron chi connectivity index (χ2n) is 6.64. The summed E-state index contributed by atoms with van der Waals surface area (Å²) in [5.74, 6) is -0.464. The number of amides is 1. The molecule has 0 aromatic heterocycles. The van der Waals surface area contributed by atoms with Gasteiger partial charge in [-0.05, 0) is 42.7 Å². The summed E-state index contributed by atoms with van der Waals surface area (Å²) in [5, 5.41) is 2.87. The van der Waals surface area contributed by atoms with Gasteiger partial charge in [0.25, 0.3) is 5.91 Å². The average Bonchev–Trinajstić information content (AvgIpc) is 3.48. The highest BCUT2D eigenvalue weighted by Crippen LogP contribution is 2.47. The fourth-order valence-corrected chi connectivity index (χ4v) is 3.66. The van der Waals surface area contributed by atoms with E-state index in [-0.39, 0.29) is 30.2 Å². The van der Waals surface area contributed by atoms with Crippen LogP contribution in [0.15, 0.2) is 59.5 Å². The lowest BCUT2D eigenvalue weighted by Crippen LogP contribution is -2.35. The third-order valence-corrected chi connectivity index (χ3v) is 5.63. The topological polar surface area (TPSA) is 55.4 Å². The standard InChI is InChI=1S/C21H22FNO3S/c22-17-6-8-18(9-7-17)27-13-10-20(25)26-14-19(24)23-15-21(11-12-21)16-4-2-1-3-5-16/h1-9H,10-15H2,(H,23,24). The summed E-state index contributed by atoms with van der Waals surface area (Å²) < 4.78 is 17.9. The van der Waals surface area contributed by atoms with Crippen molar-refractivity contribution >= 4 is 23.6 Å². The van der Waals surface area contributed by atoms with E-state index in [1.807, 2.05) is 18.2 Å². The first-order valence-electron chi connectivity index (χ1n) is 8.94. The molecule has 3 rings (SSSR count). The lowest BCUT2D eigenvalue weighted by atomic mass is 9.96. The molecule has 1 N–H and O–H groups in total. The molecule has 6 heteroatoms. The molecule has 27 heavy (non-hydrogen) atoms. The Kier molecular flexibility index (Phi) is 6.50. The van der Waals surface area contributed by atoms with Crippen LogP contribution in [0.1, 0.15) is 24.8 Å². The van der Waals surface area contributed by atoms with Gasteiger partial charge in [0.2, 0.25) is 0 Å². The van der Waals surface area contributed by atoms with Gasteiger partial charge in [0, 0.05) is 22.6 Å². The van der Waals surface area contributed by atoms with E-state index in [2.05, 4.69) is 17.4 Å². The summed E-state index contributed by atoms with van der Waals surface area (Å²) in [7, 11) is 0. The molecule has 0 radical (unpaired) electrons. The minimum absolute atomic E-state index is 0.0345. The van der Waals surface area contributed by atoms with Crippen LogP contribution < -0.4 is 5.32 Å². The molecule has 142 valence electrons. The third kappa shape index (κ3) is 5.82. The van der Waals surface area contributed by atoms with Crippen LogP contribution in [-0.2, 0) is 19.7 Å². The first-order chi connectivity index (χ1) is 13.1. The minimum atomic E-state index is -0.413. The molecule has 1 amide bonds.